The third-order valence-electron chi connectivity index (χ3n) is 7.93. The highest BCUT2D eigenvalue weighted by Gasteiger charge is 2.49. The number of piperidine rings is 1. The monoisotopic (exact) mass is 498 g/mol. The summed E-state index contributed by atoms with van der Waals surface area (Å²) in [6, 6.07) is 9.13. The Morgan fingerprint density at radius 1 is 1.19 bits per heavy atom. The number of amides is 1. The molecule has 5 rings (SSSR count). The fraction of sp³-hybridized carbons (Fsp3) is 0.519. The second-order valence-corrected chi connectivity index (χ2v) is 10.3. The molecule has 6 nitrogen and oxygen atoms in total. The molecule has 36 heavy (non-hydrogen) atoms. The number of carbonyl (C=O) groups is 1. The lowest BCUT2D eigenvalue weighted by atomic mass is 9.71. The molecule has 1 amide bonds. The molecule has 2 aliphatic heterocycles. The van der Waals surface area contributed by atoms with E-state index in [1.807, 2.05) is 9.80 Å². The number of ether oxygens (including phenoxy) is 1. The fourth-order valence-electron chi connectivity index (χ4n) is 5.58. The maximum atomic E-state index is 13.6. The SMILES string of the molecule is N#Cc1ccc(N2CC(COCC3CC3)C3(CCN(C(=O)c4cccnc4)CC3)C2)cc1C(F)(F)F. The van der Waals surface area contributed by atoms with Gasteiger partial charge in [-0.25, -0.2) is 0 Å². The first-order valence-corrected chi connectivity index (χ1v) is 12.4. The molecule has 2 saturated heterocycles. The molecule has 3 fully saturated rings. The molecule has 1 aromatic heterocycles. The minimum Gasteiger partial charge on any atom is -0.381 e. The molecule has 1 atom stereocenters. The fourth-order valence-corrected chi connectivity index (χ4v) is 5.58. The van der Waals surface area contributed by atoms with Crippen LogP contribution in [0.4, 0.5) is 18.9 Å². The molecule has 0 N–H and O–H groups in total. The molecular formula is C27H29F3N4O2. The van der Waals surface area contributed by atoms with Crippen molar-refractivity contribution in [1.29, 1.82) is 5.26 Å². The number of aromatic nitrogens is 1. The summed E-state index contributed by atoms with van der Waals surface area (Å²) in [7, 11) is 0. The number of hydrogen-bond donors (Lipinski definition) is 0. The molecule has 0 radical (unpaired) electrons. The summed E-state index contributed by atoms with van der Waals surface area (Å²) in [6.45, 7) is 3.65. The summed E-state index contributed by atoms with van der Waals surface area (Å²) in [4.78, 5) is 20.8. The number of nitrogens with zero attached hydrogens (tertiary/aromatic N) is 4. The Morgan fingerprint density at radius 2 is 1.97 bits per heavy atom. The van der Waals surface area contributed by atoms with E-state index in [-0.39, 0.29) is 22.8 Å². The van der Waals surface area contributed by atoms with E-state index in [1.165, 1.54) is 18.9 Å². The van der Waals surface area contributed by atoms with Gasteiger partial charge in [0.2, 0.25) is 0 Å². The Morgan fingerprint density at radius 3 is 2.61 bits per heavy atom. The predicted molar refractivity (Wildman–Crippen MR) is 127 cm³/mol. The van der Waals surface area contributed by atoms with Crippen LogP contribution in [0.5, 0.6) is 0 Å². The Kier molecular flexibility index (Phi) is 6.64. The van der Waals surface area contributed by atoms with Crippen LogP contribution in [0.3, 0.4) is 0 Å². The van der Waals surface area contributed by atoms with E-state index in [0.29, 0.717) is 50.0 Å². The Hall–Kier alpha value is -3.12. The molecule has 1 aromatic carbocycles. The number of benzene rings is 1. The van der Waals surface area contributed by atoms with E-state index in [1.54, 1.807) is 36.7 Å². The van der Waals surface area contributed by atoms with Crippen molar-refractivity contribution < 1.29 is 22.7 Å². The van der Waals surface area contributed by atoms with Crippen molar-refractivity contribution in [3.8, 4) is 6.07 Å². The van der Waals surface area contributed by atoms with Crippen molar-refractivity contribution in [2.45, 2.75) is 31.9 Å². The maximum Gasteiger partial charge on any atom is 0.417 e. The second kappa shape index (κ2) is 9.74. The first-order chi connectivity index (χ1) is 17.3. The lowest BCUT2D eigenvalue weighted by Gasteiger charge is -2.42. The van der Waals surface area contributed by atoms with Crippen LogP contribution in [0, 0.1) is 28.6 Å². The molecule has 3 heterocycles. The summed E-state index contributed by atoms with van der Waals surface area (Å²) >= 11 is 0. The van der Waals surface area contributed by atoms with Crippen molar-refractivity contribution in [3.63, 3.8) is 0 Å². The predicted octanol–water partition coefficient (Wildman–Crippen LogP) is 4.76. The summed E-state index contributed by atoms with van der Waals surface area (Å²) in [5, 5.41) is 9.16. The van der Waals surface area contributed by atoms with E-state index in [0.717, 1.165) is 25.5 Å². The van der Waals surface area contributed by atoms with Gasteiger partial charge in [-0.05, 0) is 67.3 Å². The second-order valence-electron chi connectivity index (χ2n) is 10.3. The van der Waals surface area contributed by atoms with Crippen LogP contribution in [0.2, 0.25) is 0 Å². The van der Waals surface area contributed by atoms with Crippen LogP contribution in [0.25, 0.3) is 0 Å². The van der Waals surface area contributed by atoms with E-state index >= 15 is 0 Å². The number of halogens is 3. The van der Waals surface area contributed by atoms with Gasteiger partial charge in [-0.15, -0.1) is 0 Å². The van der Waals surface area contributed by atoms with Gasteiger partial charge in [0.15, 0.2) is 0 Å². The number of nitriles is 1. The molecule has 1 saturated carbocycles. The van der Waals surface area contributed by atoms with E-state index < -0.39 is 11.7 Å². The number of anilines is 1. The van der Waals surface area contributed by atoms with E-state index in [2.05, 4.69) is 4.98 Å². The van der Waals surface area contributed by atoms with Crippen molar-refractivity contribution in [1.82, 2.24) is 9.88 Å². The zero-order valence-corrected chi connectivity index (χ0v) is 20.0. The van der Waals surface area contributed by atoms with Gasteiger partial charge in [-0.2, -0.15) is 18.4 Å². The first kappa shape index (κ1) is 24.6. The van der Waals surface area contributed by atoms with Crippen molar-refractivity contribution in [2.24, 2.45) is 17.3 Å². The lowest BCUT2D eigenvalue weighted by Crippen LogP contribution is -2.47. The van der Waals surface area contributed by atoms with Crippen LogP contribution in [0.15, 0.2) is 42.7 Å². The van der Waals surface area contributed by atoms with Crippen LogP contribution < -0.4 is 4.90 Å². The third kappa shape index (κ3) is 5.05. The van der Waals surface area contributed by atoms with Gasteiger partial charge in [-0.3, -0.25) is 9.78 Å². The zero-order valence-electron chi connectivity index (χ0n) is 20.0. The molecule has 1 aliphatic carbocycles. The highest BCUT2D eigenvalue weighted by molar-refractivity contribution is 5.93. The largest absolute Gasteiger partial charge is 0.417 e. The van der Waals surface area contributed by atoms with Crippen LogP contribution in [0.1, 0.15) is 47.2 Å². The van der Waals surface area contributed by atoms with Gasteiger partial charge in [0.25, 0.3) is 5.91 Å². The summed E-state index contributed by atoms with van der Waals surface area (Å²) in [5.41, 5.74) is -0.391. The van der Waals surface area contributed by atoms with Crippen molar-refractivity contribution >= 4 is 11.6 Å². The van der Waals surface area contributed by atoms with Gasteiger partial charge in [-0.1, -0.05) is 0 Å². The Balaban J connectivity index is 1.34. The number of likely N-dealkylation sites (tertiary alicyclic amines) is 1. The van der Waals surface area contributed by atoms with Crippen molar-refractivity contribution in [2.75, 3.05) is 44.3 Å². The number of hydrogen-bond acceptors (Lipinski definition) is 5. The number of alkyl halides is 3. The Labute approximate surface area is 208 Å². The van der Waals surface area contributed by atoms with Gasteiger partial charge < -0.3 is 14.5 Å². The lowest BCUT2D eigenvalue weighted by molar-refractivity contribution is -0.137. The Bertz CT molecular complexity index is 1140. The van der Waals surface area contributed by atoms with Crippen LogP contribution in [-0.2, 0) is 10.9 Å². The smallest absolute Gasteiger partial charge is 0.381 e. The average Bonchev–Trinajstić information content (AvgIpc) is 3.65. The first-order valence-electron chi connectivity index (χ1n) is 12.4. The molecule has 1 unspecified atom stereocenters. The quantitative estimate of drug-likeness (QED) is 0.575. The highest BCUT2D eigenvalue weighted by atomic mass is 19.4. The minimum atomic E-state index is -4.59. The molecule has 1 spiro atoms. The third-order valence-corrected chi connectivity index (χ3v) is 7.93. The number of carbonyl (C=O) groups excluding carboxylic acids is 1. The molecular weight excluding hydrogens is 469 g/mol. The van der Waals surface area contributed by atoms with Gasteiger partial charge in [0, 0.05) is 56.8 Å². The van der Waals surface area contributed by atoms with E-state index in [9.17, 15) is 18.0 Å². The summed E-state index contributed by atoms with van der Waals surface area (Å²) in [5.74, 6) is 0.735. The number of rotatable bonds is 6. The van der Waals surface area contributed by atoms with Crippen LogP contribution in [-0.4, -0.2) is 55.2 Å². The molecule has 2 aromatic rings. The van der Waals surface area contributed by atoms with Gasteiger partial charge >= 0.3 is 6.18 Å². The highest BCUT2D eigenvalue weighted by Crippen LogP contribution is 2.47. The topological polar surface area (TPSA) is 69.5 Å². The summed E-state index contributed by atoms with van der Waals surface area (Å²) in [6.07, 6.45) is 2.52. The number of pyridine rings is 1. The molecule has 0 bridgehead atoms. The molecule has 3 aliphatic rings. The van der Waals surface area contributed by atoms with Gasteiger partial charge in [0.05, 0.1) is 29.4 Å². The minimum absolute atomic E-state index is 0.0451. The maximum absolute atomic E-state index is 13.6. The standard InChI is InChI=1S/C27H29F3N4O2/c28-27(29,30)24-12-23(6-5-20(24)13-31)34-15-22(17-36-16-19-3-4-19)26(18-34)7-10-33(11-8-26)25(35)21-2-1-9-32-14-21/h1-2,5-6,9,12,14,19,22H,3-4,7-8,10-11,15-18H2. The normalized spacial score (nSPS) is 21.6. The van der Waals surface area contributed by atoms with Crippen molar-refractivity contribution in [3.05, 3.63) is 59.4 Å². The average molecular weight is 499 g/mol. The van der Waals surface area contributed by atoms with E-state index in [4.69, 9.17) is 10.00 Å². The molecule has 9 heteroatoms. The van der Waals surface area contributed by atoms with Crippen LogP contribution >= 0.6 is 0 Å². The van der Waals surface area contributed by atoms with Gasteiger partial charge in [0.1, 0.15) is 0 Å². The molecule has 190 valence electrons. The summed E-state index contributed by atoms with van der Waals surface area (Å²) < 4.78 is 46.9. The zero-order chi connectivity index (χ0) is 25.3.